The smallest absolute Gasteiger partial charge is 0.309 e. The lowest BCUT2D eigenvalue weighted by atomic mass is 9.57. The Morgan fingerprint density at radius 2 is 1.57 bits per heavy atom. The average Bonchev–Trinajstić information content (AvgIpc) is 3.88. The third kappa shape index (κ3) is 6.78. The third-order valence-electron chi connectivity index (χ3n) is 14.4. The molecular weight excluding hydrogens is 773 g/mol. The minimum Gasteiger partial charge on any atom is -0.496 e. The Balaban J connectivity index is 0.999. The van der Waals surface area contributed by atoms with E-state index in [1.54, 1.807) is 14.2 Å². The second kappa shape index (κ2) is 15.3. The first-order valence-corrected chi connectivity index (χ1v) is 20.9. The van der Waals surface area contributed by atoms with E-state index in [9.17, 15) is 25.1 Å². The molecule has 13 heteroatoms. The van der Waals surface area contributed by atoms with Gasteiger partial charge < -0.3 is 24.1 Å². The second-order valence-electron chi connectivity index (χ2n) is 17.5. The molecule has 314 valence electrons. The Hall–Kier alpha value is -6.23. The van der Waals surface area contributed by atoms with Crippen molar-refractivity contribution in [1.29, 1.82) is 5.26 Å². The van der Waals surface area contributed by atoms with Crippen molar-refractivity contribution < 1.29 is 33.7 Å². The Morgan fingerprint density at radius 1 is 0.918 bits per heavy atom. The molecule has 4 aromatic carbocycles. The Bertz CT molecular complexity index is 2710. The summed E-state index contributed by atoms with van der Waals surface area (Å²) in [5, 5.41) is 35.3. The summed E-state index contributed by atoms with van der Waals surface area (Å²) in [6.45, 7) is 3.22. The van der Waals surface area contributed by atoms with Crippen LogP contribution in [-0.2, 0) is 22.7 Å². The molecule has 0 amide bonds. The van der Waals surface area contributed by atoms with Crippen LogP contribution in [0.4, 0.5) is 0 Å². The van der Waals surface area contributed by atoms with E-state index in [0.717, 1.165) is 69.2 Å². The molecule has 0 radical (unpaired) electrons. The molecule has 6 aromatic rings. The predicted octanol–water partition coefficient (Wildman–Crippen LogP) is 8.60. The van der Waals surface area contributed by atoms with Gasteiger partial charge in [-0.15, -0.1) is 0 Å². The van der Waals surface area contributed by atoms with Gasteiger partial charge >= 0.3 is 11.9 Å². The van der Waals surface area contributed by atoms with Crippen molar-refractivity contribution in [2.75, 3.05) is 28.3 Å². The quantitative estimate of drug-likeness (QED) is 0.114. The molecule has 0 unspecified atom stereocenters. The molecule has 13 nitrogen and oxygen atoms in total. The van der Waals surface area contributed by atoms with Gasteiger partial charge in [0.25, 0.3) is 0 Å². The van der Waals surface area contributed by atoms with Crippen LogP contribution >= 0.6 is 0 Å². The van der Waals surface area contributed by atoms with Gasteiger partial charge in [0.2, 0.25) is 5.89 Å². The first-order valence-electron chi connectivity index (χ1n) is 20.9. The van der Waals surface area contributed by atoms with Gasteiger partial charge in [-0.3, -0.25) is 19.4 Å². The maximum atomic E-state index is 12.0. The Kier molecular flexibility index (Phi) is 10.1. The average molecular weight is 823 g/mol. The lowest BCUT2D eigenvalue weighted by molar-refractivity contribution is -0.160. The zero-order valence-electron chi connectivity index (χ0n) is 35.2. The highest BCUT2D eigenvalue weighted by Gasteiger charge is 2.54. The highest BCUT2D eigenvalue weighted by Crippen LogP contribution is 2.55. The number of hydrogen-bond acceptors (Lipinski definition) is 10. The van der Waals surface area contributed by atoms with Crippen molar-refractivity contribution in [1.82, 2.24) is 24.6 Å². The van der Waals surface area contributed by atoms with Gasteiger partial charge in [0.15, 0.2) is 5.58 Å². The molecule has 0 aliphatic heterocycles. The molecule has 61 heavy (non-hydrogen) atoms. The lowest BCUT2D eigenvalue weighted by Gasteiger charge is -2.55. The minimum atomic E-state index is -0.740. The zero-order chi connectivity index (χ0) is 42.8. The van der Waals surface area contributed by atoms with Gasteiger partial charge in [0.05, 0.1) is 54.1 Å². The van der Waals surface area contributed by atoms with Crippen molar-refractivity contribution in [3.8, 4) is 45.8 Å². The van der Waals surface area contributed by atoms with E-state index in [4.69, 9.17) is 24.0 Å². The van der Waals surface area contributed by atoms with Gasteiger partial charge in [-0.25, -0.2) is 9.67 Å². The van der Waals surface area contributed by atoms with Crippen LogP contribution in [0.25, 0.3) is 50.3 Å². The predicted molar refractivity (Wildman–Crippen MR) is 230 cm³/mol. The number of carboxylic acids is 2. The normalized spacial score (nSPS) is 22.1. The minimum absolute atomic E-state index is 0.0426. The van der Waals surface area contributed by atoms with Gasteiger partial charge in [-0.2, -0.15) is 10.4 Å². The number of carbonyl (C=O) groups is 2. The van der Waals surface area contributed by atoms with E-state index < -0.39 is 17.4 Å². The summed E-state index contributed by atoms with van der Waals surface area (Å²) in [6, 6.07) is 22.5. The lowest BCUT2D eigenvalue weighted by Crippen LogP contribution is -2.56. The Morgan fingerprint density at radius 3 is 2.21 bits per heavy atom. The molecule has 0 atom stereocenters. The number of methoxy groups -OCH3 is 2. The number of rotatable bonds is 13. The number of nitrogens with zero attached hydrogens (tertiary/aromatic N) is 6. The molecule has 4 saturated carbocycles. The van der Waals surface area contributed by atoms with Crippen molar-refractivity contribution in [3.05, 3.63) is 89.1 Å². The number of benzene rings is 4. The molecular formula is C48H50N6O7. The number of aromatic nitrogens is 3. The second-order valence-corrected chi connectivity index (χ2v) is 17.5. The number of ether oxygens (including phenoxy) is 2. The first kappa shape index (κ1) is 40.2. The zero-order valence-corrected chi connectivity index (χ0v) is 35.2. The monoisotopic (exact) mass is 822 g/mol. The molecule has 10 rings (SSSR count). The van der Waals surface area contributed by atoms with Crippen molar-refractivity contribution in [2.45, 2.75) is 83.0 Å². The number of aliphatic carboxylic acids is 2. The molecule has 2 bridgehead atoms. The molecule has 4 aliphatic carbocycles. The van der Waals surface area contributed by atoms with Crippen LogP contribution in [0.2, 0.25) is 0 Å². The molecule has 2 N–H and O–H groups in total. The molecule has 2 aromatic heterocycles. The van der Waals surface area contributed by atoms with Crippen LogP contribution in [0, 0.1) is 29.6 Å². The summed E-state index contributed by atoms with van der Waals surface area (Å²) in [5.41, 5.74) is 8.19. The summed E-state index contributed by atoms with van der Waals surface area (Å²) in [5.74, 6) is 0.0514. The fourth-order valence-corrected chi connectivity index (χ4v) is 10.3. The number of hydrogen-bond donors (Lipinski definition) is 2. The Labute approximate surface area is 354 Å². The number of oxazole rings is 1. The maximum Gasteiger partial charge on any atom is 0.309 e. The SMILES string of the molecule is COc1cc(-n2ncc3c(-c4cccc(-c5nc6cc(CN(C)C78CCC(C(=O)O)(CC7)CC8)cc(C#N)c6o5)c4C)cccc32)cc(OC)c1CN(C)C1CC(C(=O)O)C1. The molecule has 2 heterocycles. The molecule has 4 fully saturated rings. The van der Waals surface area contributed by atoms with Crippen LogP contribution in [0.5, 0.6) is 11.5 Å². The van der Waals surface area contributed by atoms with E-state index in [0.29, 0.717) is 79.2 Å². The summed E-state index contributed by atoms with van der Waals surface area (Å²) < 4.78 is 20.1. The van der Waals surface area contributed by atoms with Crippen molar-refractivity contribution in [2.24, 2.45) is 11.3 Å². The first-order chi connectivity index (χ1) is 29.4. The van der Waals surface area contributed by atoms with Crippen LogP contribution in [0.1, 0.15) is 73.6 Å². The van der Waals surface area contributed by atoms with Crippen molar-refractivity contribution >= 4 is 33.9 Å². The van der Waals surface area contributed by atoms with Gasteiger partial charge in [-0.05, 0) is 119 Å². The standard InChI is InChI=1S/C48H50N6O7/c1-28-34(36-10-7-11-40-37(36)25-50-54(40)33-22-41(59-4)38(42(23-33)60-5)27-52(2)32-20-30(21-32)45(55)56)8-6-9-35(28)44-51-39-19-29(18-31(24-49)43(39)61-44)26-53(3)48-15-12-47(13-16-48,14-17-48)46(57)58/h6-11,18-19,22-23,25,30,32H,12-17,20-21,26-27H2,1-5H3,(H,55,56)(H,57,58). The maximum absolute atomic E-state index is 12.0. The van der Waals surface area contributed by atoms with Crippen LogP contribution < -0.4 is 9.47 Å². The molecule has 0 spiro atoms. The highest BCUT2D eigenvalue weighted by molar-refractivity contribution is 5.97. The van der Waals surface area contributed by atoms with Crippen LogP contribution in [0.3, 0.4) is 0 Å². The van der Waals surface area contributed by atoms with Gasteiger partial charge in [0, 0.05) is 47.8 Å². The summed E-state index contributed by atoms with van der Waals surface area (Å²) in [7, 11) is 7.39. The fourth-order valence-electron chi connectivity index (χ4n) is 10.3. The topological polar surface area (TPSA) is 167 Å². The summed E-state index contributed by atoms with van der Waals surface area (Å²) in [6.07, 6.45) is 7.79. The van der Waals surface area contributed by atoms with E-state index >= 15 is 0 Å². The summed E-state index contributed by atoms with van der Waals surface area (Å²) >= 11 is 0. The molecule has 4 aliphatic rings. The highest BCUT2D eigenvalue weighted by atomic mass is 16.5. The van der Waals surface area contributed by atoms with E-state index in [1.165, 1.54) is 0 Å². The number of nitriles is 1. The number of fused-ring (bicyclic) bond motifs is 5. The van der Waals surface area contributed by atoms with E-state index in [-0.39, 0.29) is 17.5 Å². The van der Waals surface area contributed by atoms with Crippen LogP contribution in [0.15, 0.2) is 71.3 Å². The van der Waals surface area contributed by atoms with Crippen LogP contribution in [-0.4, -0.2) is 86.6 Å². The van der Waals surface area contributed by atoms with Gasteiger partial charge in [-0.1, -0.05) is 24.3 Å². The largest absolute Gasteiger partial charge is 0.496 e. The van der Waals surface area contributed by atoms with E-state index in [2.05, 4.69) is 42.0 Å². The fraction of sp³-hybridized carbons (Fsp3) is 0.396. The molecule has 0 saturated heterocycles. The third-order valence-corrected chi connectivity index (χ3v) is 14.4. The van der Waals surface area contributed by atoms with Crippen molar-refractivity contribution in [3.63, 3.8) is 0 Å². The summed E-state index contributed by atoms with van der Waals surface area (Å²) in [4.78, 5) is 32.9. The number of carboxylic acid groups (broad SMARTS) is 2. The van der Waals surface area contributed by atoms with E-state index in [1.807, 2.05) is 66.5 Å². The van der Waals surface area contributed by atoms with Gasteiger partial charge in [0.1, 0.15) is 23.1 Å².